The molecule has 5 nitrogen and oxygen atoms in total. The van der Waals surface area contributed by atoms with Crippen LogP contribution >= 0.6 is 11.6 Å². The highest BCUT2D eigenvalue weighted by atomic mass is 35.5. The van der Waals surface area contributed by atoms with E-state index in [0.717, 1.165) is 0 Å². The van der Waals surface area contributed by atoms with Crippen molar-refractivity contribution in [2.45, 2.75) is 12.3 Å². The first-order valence-corrected chi connectivity index (χ1v) is 5.44. The molecular formula is C11H11ClN2O3. The van der Waals surface area contributed by atoms with Gasteiger partial charge in [-0.3, -0.25) is 14.9 Å². The lowest BCUT2D eigenvalue weighted by molar-refractivity contribution is -0.487. The average molecular weight is 255 g/mol. The molecule has 0 saturated heterocycles. The predicted molar refractivity (Wildman–Crippen MR) is 64.1 cm³/mol. The Bertz CT molecular complexity index is 517. The topological polar surface area (TPSA) is 63.5 Å². The first kappa shape index (κ1) is 11.9. The molecule has 1 aliphatic heterocycles. The van der Waals surface area contributed by atoms with Gasteiger partial charge < -0.3 is 4.90 Å². The van der Waals surface area contributed by atoms with Crippen LogP contribution < -0.4 is 4.90 Å². The number of anilines is 1. The average Bonchev–Trinajstić information content (AvgIpc) is 2.41. The van der Waals surface area contributed by atoms with Crippen molar-refractivity contribution in [1.82, 2.24) is 0 Å². The highest BCUT2D eigenvalue weighted by Crippen LogP contribution is 2.42. The van der Waals surface area contributed by atoms with Crippen molar-refractivity contribution >= 4 is 23.2 Å². The van der Waals surface area contributed by atoms with Crippen LogP contribution in [0.1, 0.15) is 12.5 Å². The van der Waals surface area contributed by atoms with Gasteiger partial charge in [-0.2, -0.15) is 0 Å². The number of fused-ring (bicyclic) bond motifs is 1. The molecule has 0 saturated carbocycles. The van der Waals surface area contributed by atoms with Crippen LogP contribution in [0.4, 0.5) is 5.69 Å². The maximum absolute atomic E-state index is 12.1. The fraction of sp³-hybridized carbons (Fsp3) is 0.364. The second-order valence-electron chi connectivity index (χ2n) is 4.35. The standard InChI is InChI=1S/C11H11ClN2O3/c1-11(6-14(16)17)8-5-7(12)3-4-9(8)13(2)10(11)15/h3-5H,6H2,1-2H3/t11-/m1/s1. The fourth-order valence-corrected chi connectivity index (χ4v) is 2.42. The lowest BCUT2D eigenvalue weighted by Crippen LogP contribution is -2.41. The summed E-state index contributed by atoms with van der Waals surface area (Å²) in [5.41, 5.74) is 0.177. The number of carbonyl (C=O) groups excluding carboxylic acids is 1. The maximum atomic E-state index is 12.1. The first-order chi connectivity index (χ1) is 7.86. The van der Waals surface area contributed by atoms with E-state index in [1.807, 2.05) is 0 Å². The van der Waals surface area contributed by atoms with E-state index in [2.05, 4.69) is 0 Å². The van der Waals surface area contributed by atoms with Crippen molar-refractivity contribution < 1.29 is 9.72 Å². The lowest BCUT2D eigenvalue weighted by Gasteiger charge is -2.18. The van der Waals surface area contributed by atoms with Gasteiger partial charge in [0.15, 0.2) is 0 Å². The number of carbonyl (C=O) groups is 1. The highest BCUT2D eigenvalue weighted by Gasteiger charge is 2.49. The molecule has 0 bridgehead atoms. The van der Waals surface area contributed by atoms with Crippen molar-refractivity contribution in [2.24, 2.45) is 0 Å². The van der Waals surface area contributed by atoms with E-state index in [1.54, 1.807) is 32.2 Å². The Kier molecular flexibility index (Phi) is 2.58. The van der Waals surface area contributed by atoms with Gasteiger partial charge in [-0.15, -0.1) is 0 Å². The molecule has 1 amide bonds. The number of benzene rings is 1. The molecule has 0 N–H and O–H groups in total. The van der Waals surface area contributed by atoms with Gasteiger partial charge >= 0.3 is 0 Å². The Morgan fingerprint density at radius 3 is 2.76 bits per heavy atom. The molecular weight excluding hydrogens is 244 g/mol. The van der Waals surface area contributed by atoms with Gasteiger partial charge in [0, 0.05) is 22.7 Å². The molecule has 90 valence electrons. The zero-order chi connectivity index (χ0) is 12.8. The van der Waals surface area contributed by atoms with Crippen LogP contribution in [0.2, 0.25) is 5.02 Å². The lowest BCUT2D eigenvalue weighted by atomic mass is 9.84. The third-order valence-electron chi connectivity index (χ3n) is 3.14. The van der Waals surface area contributed by atoms with Gasteiger partial charge in [0.05, 0.1) is 0 Å². The molecule has 0 radical (unpaired) electrons. The summed E-state index contributed by atoms with van der Waals surface area (Å²) in [5, 5.41) is 11.2. The number of likely N-dealkylation sites (N-methyl/N-ethyl adjacent to an activating group) is 1. The van der Waals surface area contributed by atoms with Crippen molar-refractivity contribution in [1.29, 1.82) is 0 Å². The van der Waals surface area contributed by atoms with Gasteiger partial charge in [0.1, 0.15) is 5.41 Å². The van der Waals surface area contributed by atoms with Crippen LogP contribution in [0.15, 0.2) is 18.2 Å². The largest absolute Gasteiger partial charge is 0.314 e. The van der Waals surface area contributed by atoms with Crippen LogP contribution in [-0.2, 0) is 10.2 Å². The summed E-state index contributed by atoms with van der Waals surface area (Å²) in [6.07, 6.45) is 0. The minimum absolute atomic E-state index is 0.272. The van der Waals surface area contributed by atoms with Gasteiger partial charge in [-0.1, -0.05) is 11.6 Å². The van der Waals surface area contributed by atoms with Gasteiger partial charge in [0.25, 0.3) is 0 Å². The molecule has 0 aliphatic carbocycles. The molecule has 1 aromatic carbocycles. The van der Waals surface area contributed by atoms with Crippen LogP contribution in [0.5, 0.6) is 0 Å². The summed E-state index contributed by atoms with van der Waals surface area (Å²) >= 11 is 5.88. The summed E-state index contributed by atoms with van der Waals surface area (Å²) in [4.78, 5) is 23.8. The van der Waals surface area contributed by atoms with Gasteiger partial charge in [-0.25, -0.2) is 0 Å². The zero-order valence-electron chi connectivity index (χ0n) is 9.44. The third-order valence-corrected chi connectivity index (χ3v) is 3.37. The van der Waals surface area contributed by atoms with Crippen molar-refractivity contribution in [3.63, 3.8) is 0 Å². The minimum Gasteiger partial charge on any atom is -0.314 e. The van der Waals surface area contributed by atoms with Crippen molar-refractivity contribution in [2.75, 3.05) is 18.5 Å². The monoisotopic (exact) mass is 254 g/mol. The van der Waals surface area contributed by atoms with Crippen molar-refractivity contribution in [3.05, 3.63) is 38.9 Å². The normalized spacial score (nSPS) is 22.8. The Labute approximate surface area is 103 Å². The molecule has 2 rings (SSSR count). The molecule has 1 atom stereocenters. The van der Waals surface area contributed by atoms with Gasteiger partial charge in [-0.05, 0) is 30.7 Å². The van der Waals surface area contributed by atoms with E-state index < -0.39 is 16.9 Å². The van der Waals surface area contributed by atoms with E-state index in [0.29, 0.717) is 16.3 Å². The number of halogens is 1. The summed E-state index contributed by atoms with van der Waals surface area (Å²) in [6.45, 7) is 1.15. The third kappa shape index (κ3) is 1.67. The number of hydrogen-bond donors (Lipinski definition) is 0. The van der Waals surface area contributed by atoms with Gasteiger partial charge in [0.2, 0.25) is 12.5 Å². The molecule has 17 heavy (non-hydrogen) atoms. The second-order valence-corrected chi connectivity index (χ2v) is 4.79. The van der Waals surface area contributed by atoms with Crippen LogP contribution in [0.3, 0.4) is 0 Å². The SMILES string of the molecule is CN1C(=O)[C@](C)(C[N+](=O)[O-])c2cc(Cl)ccc21. The Hall–Kier alpha value is -1.62. The Morgan fingerprint density at radius 1 is 1.53 bits per heavy atom. The first-order valence-electron chi connectivity index (χ1n) is 5.06. The molecule has 1 heterocycles. The number of nitro groups is 1. The van der Waals surface area contributed by atoms with E-state index in [1.165, 1.54) is 4.90 Å². The smallest absolute Gasteiger partial charge is 0.243 e. The highest BCUT2D eigenvalue weighted by molar-refractivity contribution is 6.31. The minimum atomic E-state index is -1.13. The molecule has 0 spiro atoms. The summed E-state index contributed by atoms with van der Waals surface area (Å²) < 4.78 is 0. The zero-order valence-corrected chi connectivity index (χ0v) is 10.2. The molecule has 1 aliphatic rings. The maximum Gasteiger partial charge on any atom is 0.243 e. The molecule has 1 aromatic rings. The number of nitrogens with zero attached hydrogens (tertiary/aromatic N) is 2. The quantitative estimate of drug-likeness (QED) is 0.598. The van der Waals surface area contributed by atoms with Crippen LogP contribution in [-0.4, -0.2) is 24.4 Å². The van der Waals surface area contributed by atoms with Crippen LogP contribution in [0, 0.1) is 10.1 Å². The van der Waals surface area contributed by atoms with Crippen molar-refractivity contribution in [3.8, 4) is 0 Å². The second kappa shape index (κ2) is 3.70. The summed E-state index contributed by atoms with van der Waals surface area (Å²) in [5.74, 6) is -0.272. The molecule has 0 aromatic heterocycles. The number of amides is 1. The van der Waals surface area contributed by atoms with Crippen LogP contribution in [0.25, 0.3) is 0 Å². The molecule has 0 unspecified atom stereocenters. The van der Waals surface area contributed by atoms with E-state index >= 15 is 0 Å². The number of hydrogen-bond acceptors (Lipinski definition) is 3. The van der Waals surface area contributed by atoms with E-state index in [-0.39, 0.29) is 5.91 Å². The molecule has 0 fully saturated rings. The molecule has 6 heteroatoms. The fourth-order valence-electron chi connectivity index (χ4n) is 2.25. The summed E-state index contributed by atoms with van der Waals surface area (Å²) in [7, 11) is 1.61. The predicted octanol–water partition coefficient (Wildman–Crippen LogP) is 1.85. The number of rotatable bonds is 2. The Morgan fingerprint density at radius 2 is 2.18 bits per heavy atom. The van der Waals surface area contributed by atoms with E-state index in [4.69, 9.17) is 11.6 Å². The van der Waals surface area contributed by atoms with E-state index in [9.17, 15) is 14.9 Å². The summed E-state index contributed by atoms with van der Waals surface area (Å²) in [6, 6.07) is 5.00. The Balaban J connectivity index is 2.60.